The lowest BCUT2D eigenvalue weighted by molar-refractivity contribution is 0.185. The average Bonchev–Trinajstić information content (AvgIpc) is 2.55. The van der Waals surface area contributed by atoms with E-state index in [1.165, 1.54) is 12.1 Å². The molecule has 0 aromatic heterocycles. The number of nitrogens with zero attached hydrogens (tertiary/aromatic N) is 2. The largest absolute Gasteiger partial charge is 0.380 e. The van der Waals surface area contributed by atoms with Crippen LogP contribution in [0.5, 0.6) is 0 Å². The number of methoxy groups -OCH3 is 1. The molecule has 0 radical (unpaired) electrons. The van der Waals surface area contributed by atoms with Gasteiger partial charge in [-0.2, -0.15) is 5.26 Å². The number of para-hydroxylation sites is 1. The molecule has 0 saturated carbocycles. The van der Waals surface area contributed by atoms with Gasteiger partial charge in [-0.05, 0) is 18.2 Å². The van der Waals surface area contributed by atoms with Crippen LogP contribution in [0.4, 0.5) is 10.1 Å². The molecule has 0 aliphatic rings. The lowest BCUT2D eigenvalue weighted by Gasteiger charge is -2.11. The monoisotopic (exact) mass is 440 g/mol. The minimum Gasteiger partial charge on any atom is -0.380 e. The molecule has 2 aromatic rings. The number of anilines is 1. The third kappa shape index (κ3) is 5.47. The Kier molecular flexibility index (Phi) is 8.15. The van der Waals surface area contributed by atoms with Crippen molar-refractivity contribution in [1.29, 1.82) is 5.26 Å². The first-order valence-corrected chi connectivity index (χ1v) is 6.96. The van der Waals surface area contributed by atoms with Gasteiger partial charge in [0.25, 0.3) is 0 Å². The minimum absolute atomic E-state index is 0. The smallest absolute Gasteiger partial charge is 0.193 e. The molecule has 0 atom stereocenters. The number of hydrogen-bond acceptors (Lipinski definition) is 3. The highest BCUT2D eigenvalue weighted by molar-refractivity contribution is 14.0. The van der Waals surface area contributed by atoms with E-state index in [1.807, 2.05) is 30.3 Å². The number of aliphatic imine (C=N–C) groups is 1. The Balaban J connectivity index is 0.00000288. The molecule has 0 amide bonds. The predicted octanol–water partition coefficient (Wildman–Crippen LogP) is 3.39. The van der Waals surface area contributed by atoms with E-state index in [0.29, 0.717) is 12.2 Å². The fourth-order valence-corrected chi connectivity index (χ4v) is 2.02. The van der Waals surface area contributed by atoms with E-state index in [1.54, 1.807) is 13.2 Å². The maximum atomic E-state index is 13.8. The second-order valence-corrected chi connectivity index (χ2v) is 4.83. The van der Waals surface area contributed by atoms with Crippen molar-refractivity contribution in [3.63, 3.8) is 0 Å². The Morgan fingerprint density at radius 3 is 2.71 bits per heavy atom. The summed E-state index contributed by atoms with van der Waals surface area (Å²) in [5.74, 6) is -0.294. The first kappa shape index (κ1) is 19.9. The zero-order valence-corrected chi connectivity index (χ0v) is 15.5. The molecule has 0 heterocycles. The summed E-state index contributed by atoms with van der Waals surface area (Å²) in [7, 11) is 1.61. The van der Waals surface area contributed by atoms with Gasteiger partial charge < -0.3 is 15.8 Å². The van der Waals surface area contributed by atoms with Gasteiger partial charge in [0, 0.05) is 23.9 Å². The Hall–Kier alpha value is -2.18. The quantitative estimate of drug-likeness (QED) is 0.424. The average molecular weight is 440 g/mol. The SMILES string of the molecule is COCc1ccccc1NC(N)=NCc1ccc(C#N)cc1F.I. The molecule has 7 heteroatoms. The van der Waals surface area contributed by atoms with Crippen molar-refractivity contribution in [2.75, 3.05) is 12.4 Å². The molecule has 0 unspecified atom stereocenters. The summed E-state index contributed by atoms with van der Waals surface area (Å²) in [5.41, 5.74) is 8.23. The Morgan fingerprint density at radius 1 is 1.29 bits per heavy atom. The van der Waals surface area contributed by atoms with Crippen LogP contribution in [-0.2, 0) is 17.9 Å². The van der Waals surface area contributed by atoms with Gasteiger partial charge in [-0.1, -0.05) is 24.3 Å². The summed E-state index contributed by atoms with van der Waals surface area (Å²) in [6.45, 7) is 0.531. The van der Waals surface area contributed by atoms with Crippen LogP contribution in [0.1, 0.15) is 16.7 Å². The second-order valence-electron chi connectivity index (χ2n) is 4.83. The number of nitrogens with two attached hydrogens (primary N) is 1. The molecule has 24 heavy (non-hydrogen) atoms. The molecule has 0 aliphatic heterocycles. The van der Waals surface area contributed by atoms with Crippen molar-refractivity contribution in [2.45, 2.75) is 13.2 Å². The predicted molar refractivity (Wildman–Crippen MR) is 103 cm³/mol. The maximum Gasteiger partial charge on any atom is 0.193 e. The van der Waals surface area contributed by atoms with Gasteiger partial charge in [-0.15, -0.1) is 24.0 Å². The first-order chi connectivity index (χ1) is 11.1. The van der Waals surface area contributed by atoms with Crippen molar-refractivity contribution in [3.8, 4) is 6.07 Å². The van der Waals surface area contributed by atoms with Crippen molar-refractivity contribution in [1.82, 2.24) is 0 Å². The number of guanidine groups is 1. The number of nitriles is 1. The molecule has 0 aliphatic carbocycles. The summed E-state index contributed by atoms with van der Waals surface area (Å²) >= 11 is 0. The van der Waals surface area contributed by atoms with E-state index < -0.39 is 5.82 Å². The maximum absolute atomic E-state index is 13.8. The molecular formula is C17H18FIN4O. The van der Waals surface area contributed by atoms with Crippen LogP contribution < -0.4 is 11.1 Å². The van der Waals surface area contributed by atoms with Crippen LogP contribution in [0.2, 0.25) is 0 Å². The summed E-state index contributed by atoms with van der Waals surface area (Å²) in [4.78, 5) is 4.13. The van der Waals surface area contributed by atoms with Crippen LogP contribution in [0, 0.1) is 17.1 Å². The summed E-state index contributed by atoms with van der Waals surface area (Å²) in [5, 5.41) is 11.7. The molecule has 3 N–H and O–H groups in total. The summed E-state index contributed by atoms with van der Waals surface area (Å²) in [6, 6.07) is 13.7. The van der Waals surface area contributed by atoms with Gasteiger partial charge in [0.05, 0.1) is 24.8 Å². The summed E-state index contributed by atoms with van der Waals surface area (Å²) in [6.07, 6.45) is 0. The number of hydrogen-bond donors (Lipinski definition) is 2. The van der Waals surface area contributed by atoms with E-state index in [4.69, 9.17) is 15.7 Å². The number of halogens is 2. The van der Waals surface area contributed by atoms with Gasteiger partial charge in [-0.3, -0.25) is 0 Å². The number of benzene rings is 2. The van der Waals surface area contributed by atoms with Crippen LogP contribution >= 0.6 is 24.0 Å². The molecule has 2 rings (SSSR count). The standard InChI is InChI=1S/C17H17FN4O.HI/c1-23-11-14-4-2-3-5-16(14)22-17(20)21-10-13-7-6-12(9-19)8-15(13)18;/h2-8H,10-11H2,1H3,(H3,20,21,22);1H. The van der Waals surface area contributed by atoms with Crippen LogP contribution in [-0.4, -0.2) is 13.1 Å². The summed E-state index contributed by atoms with van der Waals surface area (Å²) < 4.78 is 18.9. The fraction of sp³-hybridized carbons (Fsp3) is 0.176. The van der Waals surface area contributed by atoms with Gasteiger partial charge in [0.15, 0.2) is 5.96 Å². The van der Waals surface area contributed by atoms with E-state index in [0.717, 1.165) is 11.3 Å². The molecule has 126 valence electrons. The van der Waals surface area contributed by atoms with Crippen molar-refractivity contribution in [2.24, 2.45) is 10.7 Å². The van der Waals surface area contributed by atoms with E-state index >= 15 is 0 Å². The fourth-order valence-electron chi connectivity index (χ4n) is 2.02. The Morgan fingerprint density at radius 2 is 2.04 bits per heavy atom. The zero-order chi connectivity index (χ0) is 16.7. The molecule has 0 bridgehead atoms. The van der Waals surface area contributed by atoms with Crippen molar-refractivity contribution < 1.29 is 9.13 Å². The highest BCUT2D eigenvalue weighted by atomic mass is 127. The molecular weight excluding hydrogens is 422 g/mol. The third-order valence-electron chi connectivity index (χ3n) is 3.18. The lowest BCUT2D eigenvalue weighted by atomic mass is 10.1. The van der Waals surface area contributed by atoms with Gasteiger partial charge >= 0.3 is 0 Å². The normalized spacial score (nSPS) is 10.6. The van der Waals surface area contributed by atoms with Crippen LogP contribution in [0.3, 0.4) is 0 Å². The molecule has 0 spiro atoms. The topological polar surface area (TPSA) is 83.4 Å². The first-order valence-electron chi connectivity index (χ1n) is 6.96. The lowest BCUT2D eigenvalue weighted by Crippen LogP contribution is -2.23. The van der Waals surface area contributed by atoms with Gasteiger partial charge in [0.2, 0.25) is 0 Å². The molecule has 0 fully saturated rings. The molecule has 2 aromatic carbocycles. The van der Waals surface area contributed by atoms with E-state index in [9.17, 15) is 4.39 Å². The van der Waals surface area contributed by atoms with Crippen molar-refractivity contribution >= 4 is 35.6 Å². The highest BCUT2D eigenvalue weighted by Gasteiger charge is 2.05. The number of rotatable bonds is 5. The second kappa shape index (κ2) is 9.85. The highest BCUT2D eigenvalue weighted by Crippen LogP contribution is 2.16. The van der Waals surface area contributed by atoms with Crippen LogP contribution in [0.25, 0.3) is 0 Å². The minimum atomic E-state index is -0.472. The Labute approximate surface area is 157 Å². The van der Waals surface area contributed by atoms with E-state index in [-0.39, 0.29) is 42.0 Å². The Bertz CT molecular complexity index is 758. The third-order valence-corrected chi connectivity index (χ3v) is 3.18. The van der Waals surface area contributed by atoms with Crippen LogP contribution in [0.15, 0.2) is 47.5 Å². The molecule has 0 saturated heterocycles. The van der Waals surface area contributed by atoms with E-state index in [2.05, 4.69) is 10.3 Å². The van der Waals surface area contributed by atoms with Gasteiger partial charge in [-0.25, -0.2) is 9.38 Å². The molecule has 5 nitrogen and oxygen atoms in total. The number of nitrogens with one attached hydrogen (secondary N) is 1. The zero-order valence-electron chi connectivity index (χ0n) is 13.1. The van der Waals surface area contributed by atoms with Crippen molar-refractivity contribution in [3.05, 3.63) is 65.0 Å². The number of ether oxygens (including phenoxy) is 1. The van der Waals surface area contributed by atoms with Gasteiger partial charge in [0.1, 0.15) is 5.82 Å².